The van der Waals surface area contributed by atoms with Crippen LogP contribution in [0.4, 0.5) is 0 Å². The molecule has 1 aromatic rings. The summed E-state index contributed by atoms with van der Waals surface area (Å²) in [6.45, 7) is 8.65. The summed E-state index contributed by atoms with van der Waals surface area (Å²) in [5, 5.41) is 0. The average Bonchev–Trinajstić information content (AvgIpc) is 2.60. The molecule has 1 unspecified atom stereocenters. The lowest BCUT2D eigenvalue weighted by Gasteiger charge is -2.42. The van der Waals surface area contributed by atoms with Crippen LogP contribution >= 0.6 is 0 Å². The molecule has 2 aliphatic rings. The van der Waals surface area contributed by atoms with Gasteiger partial charge in [-0.15, -0.1) is 0 Å². The summed E-state index contributed by atoms with van der Waals surface area (Å²) in [6.07, 6.45) is 4.92. The first-order valence-corrected chi connectivity index (χ1v) is 9.79. The van der Waals surface area contributed by atoms with Crippen LogP contribution in [0, 0.1) is 11.3 Å². The number of para-hydroxylation sites is 1. The first kappa shape index (κ1) is 19.7. The molecule has 0 spiro atoms. The molecule has 0 bridgehead atoms. The molecule has 0 radical (unpaired) electrons. The first-order chi connectivity index (χ1) is 12.7. The Morgan fingerprint density at radius 3 is 2.63 bits per heavy atom. The summed E-state index contributed by atoms with van der Waals surface area (Å²) >= 11 is 0. The second kappa shape index (κ2) is 7.14. The van der Waals surface area contributed by atoms with Crippen molar-refractivity contribution in [3.63, 3.8) is 0 Å². The van der Waals surface area contributed by atoms with E-state index in [4.69, 9.17) is 9.47 Å². The Hall–Kier alpha value is -2.10. The number of methoxy groups -OCH3 is 1. The van der Waals surface area contributed by atoms with Crippen molar-refractivity contribution < 1.29 is 19.1 Å². The molecule has 1 heterocycles. The van der Waals surface area contributed by atoms with Crippen molar-refractivity contribution in [3.8, 4) is 5.75 Å². The maximum atomic E-state index is 13.1. The van der Waals surface area contributed by atoms with Gasteiger partial charge >= 0.3 is 5.97 Å². The highest BCUT2D eigenvalue weighted by Gasteiger charge is 2.51. The maximum absolute atomic E-state index is 13.1. The fourth-order valence-corrected chi connectivity index (χ4v) is 4.77. The normalized spacial score (nSPS) is 27.0. The van der Waals surface area contributed by atoms with Crippen molar-refractivity contribution >= 4 is 11.8 Å². The molecule has 4 heteroatoms. The van der Waals surface area contributed by atoms with Crippen LogP contribution in [0.3, 0.4) is 0 Å². The number of rotatable bonds is 4. The fourth-order valence-electron chi connectivity index (χ4n) is 4.77. The summed E-state index contributed by atoms with van der Waals surface area (Å²) < 4.78 is 11.2. The lowest BCUT2D eigenvalue weighted by molar-refractivity contribution is -0.150. The Kier molecular flexibility index (Phi) is 5.20. The standard InChI is InChI=1S/C23H30O4/c1-15-9-8-13-22(2,3)17(15)12-14-23(4)19(21(25)26-5)20(24)16-10-6-7-11-18(16)27-23/h6-7,10-11,19H,8-9,12-14H2,1-5H3/t19?,23-/m1/s1. The Labute approximate surface area is 161 Å². The van der Waals surface area contributed by atoms with Gasteiger partial charge < -0.3 is 9.47 Å². The Bertz CT molecular complexity index is 789. The van der Waals surface area contributed by atoms with E-state index < -0.39 is 17.5 Å². The number of hydrogen-bond donors (Lipinski definition) is 0. The molecule has 0 saturated heterocycles. The molecule has 0 N–H and O–H groups in total. The van der Waals surface area contributed by atoms with Crippen molar-refractivity contribution in [1.82, 2.24) is 0 Å². The number of hydrogen-bond acceptors (Lipinski definition) is 4. The predicted molar refractivity (Wildman–Crippen MR) is 105 cm³/mol. The van der Waals surface area contributed by atoms with Crippen molar-refractivity contribution in [2.75, 3.05) is 7.11 Å². The van der Waals surface area contributed by atoms with Crippen LogP contribution < -0.4 is 4.74 Å². The highest BCUT2D eigenvalue weighted by Crippen LogP contribution is 2.46. The van der Waals surface area contributed by atoms with Gasteiger partial charge in [0.05, 0.1) is 12.7 Å². The molecular weight excluding hydrogens is 340 g/mol. The maximum Gasteiger partial charge on any atom is 0.320 e. The Morgan fingerprint density at radius 2 is 1.96 bits per heavy atom. The summed E-state index contributed by atoms with van der Waals surface area (Å²) in [5.41, 5.74) is 2.56. The van der Waals surface area contributed by atoms with Gasteiger partial charge in [0.15, 0.2) is 11.7 Å². The summed E-state index contributed by atoms with van der Waals surface area (Å²) in [6, 6.07) is 7.15. The van der Waals surface area contributed by atoms with E-state index in [9.17, 15) is 9.59 Å². The summed E-state index contributed by atoms with van der Waals surface area (Å²) in [5.74, 6) is -1.12. The Morgan fingerprint density at radius 1 is 1.26 bits per heavy atom. The monoisotopic (exact) mass is 370 g/mol. The molecular formula is C23H30O4. The Balaban J connectivity index is 1.94. The molecule has 0 saturated carbocycles. The molecule has 0 amide bonds. The van der Waals surface area contributed by atoms with Crippen molar-refractivity contribution in [2.45, 2.75) is 65.4 Å². The third-order valence-electron chi connectivity index (χ3n) is 6.36. The zero-order chi connectivity index (χ0) is 19.8. The molecule has 1 aromatic carbocycles. The zero-order valence-electron chi connectivity index (χ0n) is 17.1. The molecule has 27 heavy (non-hydrogen) atoms. The van der Waals surface area contributed by atoms with Gasteiger partial charge in [0.2, 0.25) is 0 Å². The van der Waals surface area contributed by atoms with E-state index in [1.54, 1.807) is 18.2 Å². The minimum absolute atomic E-state index is 0.149. The average molecular weight is 370 g/mol. The number of carbonyl (C=O) groups is 2. The van der Waals surface area contributed by atoms with Crippen LogP contribution in [0.1, 0.15) is 70.2 Å². The predicted octanol–water partition coefficient (Wildman–Crippen LogP) is 5.12. The smallest absolute Gasteiger partial charge is 0.320 e. The van der Waals surface area contributed by atoms with Crippen LogP contribution in [0.5, 0.6) is 5.75 Å². The lowest BCUT2D eigenvalue weighted by Crippen LogP contribution is -2.52. The number of ether oxygens (including phenoxy) is 2. The van der Waals surface area contributed by atoms with Crippen LogP contribution in [-0.4, -0.2) is 24.5 Å². The number of ketones is 1. The highest BCUT2D eigenvalue weighted by atomic mass is 16.5. The van der Waals surface area contributed by atoms with E-state index in [0.29, 0.717) is 17.7 Å². The molecule has 146 valence electrons. The quantitative estimate of drug-likeness (QED) is 0.419. The molecule has 2 atom stereocenters. The van der Waals surface area contributed by atoms with E-state index in [1.807, 2.05) is 13.0 Å². The number of Topliss-reactive ketones (excluding diaryl/α,β-unsaturated/α-hetero) is 1. The number of allylic oxidation sites excluding steroid dienone is 2. The number of benzene rings is 1. The minimum Gasteiger partial charge on any atom is -0.485 e. The second-order valence-electron chi connectivity index (χ2n) is 8.73. The third-order valence-corrected chi connectivity index (χ3v) is 6.36. The van der Waals surface area contributed by atoms with Gasteiger partial charge in [-0.25, -0.2) is 0 Å². The highest BCUT2D eigenvalue weighted by molar-refractivity contribution is 6.12. The van der Waals surface area contributed by atoms with E-state index in [1.165, 1.54) is 31.1 Å². The van der Waals surface area contributed by atoms with Gasteiger partial charge in [0, 0.05) is 0 Å². The van der Waals surface area contributed by atoms with Crippen LogP contribution in [-0.2, 0) is 9.53 Å². The summed E-state index contributed by atoms with van der Waals surface area (Å²) in [7, 11) is 1.33. The van der Waals surface area contributed by atoms with Crippen molar-refractivity contribution in [2.24, 2.45) is 11.3 Å². The lowest BCUT2D eigenvalue weighted by atomic mass is 9.69. The van der Waals surface area contributed by atoms with Gasteiger partial charge in [-0.2, -0.15) is 0 Å². The van der Waals surface area contributed by atoms with Gasteiger partial charge in [0.1, 0.15) is 11.4 Å². The topological polar surface area (TPSA) is 52.6 Å². The molecule has 3 rings (SSSR count). The first-order valence-electron chi connectivity index (χ1n) is 9.79. The molecule has 1 aliphatic heterocycles. The third kappa shape index (κ3) is 3.54. The van der Waals surface area contributed by atoms with Gasteiger partial charge in [-0.3, -0.25) is 9.59 Å². The largest absolute Gasteiger partial charge is 0.485 e. The van der Waals surface area contributed by atoms with Crippen molar-refractivity contribution in [1.29, 1.82) is 0 Å². The fraction of sp³-hybridized carbons (Fsp3) is 0.565. The van der Waals surface area contributed by atoms with Gasteiger partial charge in [0.25, 0.3) is 0 Å². The van der Waals surface area contributed by atoms with E-state index in [-0.39, 0.29) is 11.2 Å². The van der Waals surface area contributed by atoms with Crippen molar-refractivity contribution in [3.05, 3.63) is 41.0 Å². The molecule has 0 aromatic heterocycles. The molecule has 1 aliphatic carbocycles. The van der Waals surface area contributed by atoms with Crippen LogP contribution in [0.25, 0.3) is 0 Å². The SMILES string of the molecule is COC(=O)C1C(=O)c2ccccc2O[C@]1(C)CCC1=C(C)CCCC1(C)C. The summed E-state index contributed by atoms with van der Waals surface area (Å²) in [4.78, 5) is 25.6. The molecule has 4 nitrogen and oxygen atoms in total. The molecule has 0 fully saturated rings. The number of esters is 1. The van der Waals surface area contributed by atoms with E-state index >= 15 is 0 Å². The minimum atomic E-state index is -0.940. The van der Waals surface area contributed by atoms with E-state index in [2.05, 4.69) is 20.8 Å². The van der Waals surface area contributed by atoms with Gasteiger partial charge in [-0.1, -0.05) is 37.1 Å². The number of fused-ring (bicyclic) bond motifs is 1. The number of carbonyl (C=O) groups excluding carboxylic acids is 2. The second-order valence-corrected chi connectivity index (χ2v) is 8.73. The van der Waals surface area contributed by atoms with Gasteiger partial charge in [-0.05, 0) is 63.5 Å². The zero-order valence-corrected chi connectivity index (χ0v) is 17.1. The van der Waals surface area contributed by atoms with Crippen LogP contribution in [0.2, 0.25) is 0 Å². The van der Waals surface area contributed by atoms with Crippen LogP contribution in [0.15, 0.2) is 35.4 Å². The van der Waals surface area contributed by atoms with E-state index in [0.717, 1.165) is 12.8 Å².